The molecule has 164 valence electrons. The van der Waals surface area contributed by atoms with Crippen molar-refractivity contribution in [2.24, 2.45) is 0 Å². The van der Waals surface area contributed by atoms with Crippen LogP contribution < -0.4 is 10.6 Å². The number of nitrogens with one attached hydrogen (secondary N) is 3. The van der Waals surface area contributed by atoms with Gasteiger partial charge in [-0.15, -0.1) is 11.3 Å². The van der Waals surface area contributed by atoms with Gasteiger partial charge in [0.2, 0.25) is 0 Å². The van der Waals surface area contributed by atoms with Gasteiger partial charge in [-0.3, -0.25) is 14.9 Å². The van der Waals surface area contributed by atoms with Crippen LogP contribution in [0.1, 0.15) is 48.4 Å². The molecule has 1 aliphatic rings. The number of hydrogen-bond acceptors (Lipinski definition) is 5. The van der Waals surface area contributed by atoms with E-state index in [9.17, 15) is 9.59 Å². The van der Waals surface area contributed by atoms with Gasteiger partial charge in [0.05, 0.1) is 33.9 Å². The smallest absolute Gasteiger partial charge is 0.320 e. The maximum Gasteiger partial charge on any atom is 0.320 e. The van der Waals surface area contributed by atoms with E-state index in [0.717, 1.165) is 15.8 Å². The number of carbonyl (C=O) groups excluding carboxylic acids is 2. The van der Waals surface area contributed by atoms with Gasteiger partial charge in [-0.1, -0.05) is 47.5 Å². The highest BCUT2D eigenvalue weighted by Crippen LogP contribution is 2.39. The van der Waals surface area contributed by atoms with E-state index in [1.54, 1.807) is 6.07 Å². The molecular formula is C22H23Cl2N3O3S. The lowest BCUT2D eigenvalue weighted by Crippen LogP contribution is -2.44. The van der Waals surface area contributed by atoms with Gasteiger partial charge in [0, 0.05) is 0 Å². The number of aromatic amines is 1. The maximum absolute atomic E-state index is 13.0. The zero-order valence-corrected chi connectivity index (χ0v) is 19.7. The van der Waals surface area contributed by atoms with Crippen LogP contribution in [-0.4, -0.2) is 35.0 Å². The lowest BCUT2D eigenvalue weighted by Gasteiger charge is -2.24. The van der Waals surface area contributed by atoms with E-state index in [1.165, 1.54) is 11.3 Å². The number of rotatable bonds is 5. The third-order valence-electron chi connectivity index (χ3n) is 5.05. The molecule has 0 spiro atoms. The van der Waals surface area contributed by atoms with E-state index in [1.807, 2.05) is 45.0 Å². The van der Waals surface area contributed by atoms with Gasteiger partial charge in [-0.2, -0.15) is 0 Å². The fraction of sp³-hybridized carbons (Fsp3) is 0.364. The summed E-state index contributed by atoms with van der Waals surface area (Å²) in [6, 6.07) is 9.30. The van der Waals surface area contributed by atoms with Gasteiger partial charge in [0.1, 0.15) is 15.6 Å². The number of halogens is 2. The molecule has 2 atom stereocenters. The molecule has 31 heavy (non-hydrogen) atoms. The molecule has 0 fully saturated rings. The van der Waals surface area contributed by atoms with Crippen LogP contribution in [0.3, 0.4) is 0 Å². The fourth-order valence-corrected chi connectivity index (χ4v) is 5.32. The number of esters is 1. The molecular weight excluding hydrogens is 457 g/mol. The molecule has 0 radical (unpaired) electrons. The molecule has 0 aliphatic heterocycles. The molecule has 2 heterocycles. The molecule has 2 unspecified atom stereocenters. The summed E-state index contributed by atoms with van der Waals surface area (Å²) in [5.74, 6) is -0.574. The molecule has 2 aromatic heterocycles. The number of ether oxygens (including phenoxy) is 1. The van der Waals surface area contributed by atoms with Gasteiger partial charge in [0.15, 0.2) is 0 Å². The zero-order valence-electron chi connectivity index (χ0n) is 17.3. The number of aromatic nitrogens is 1. The summed E-state index contributed by atoms with van der Waals surface area (Å²) >= 11 is 13.6. The molecule has 3 N–H and O–H groups in total. The Balaban J connectivity index is 1.50. The third-order valence-corrected chi connectivity index (χ3v) is 6.99. The average Bonchev–Trinajstić information content (AvgIpc) is 3.32. The average molecular weight is 480 g/mol. The molecule has 0 saturated carbocycles. The minimum absolute atomic E-state index is 0.0506. The number of thiophene rings is 1. The van der Waals surface area contributed by atoms with Crippen molar-refractivity contribution in [1.82, 2.24) is 15.6 Å². The molecule has 1 aliphatic carbocycles. The summed E-state index contributed by atoms with van der Waals surface area (Å²) in [6.45, 7) is 5.55. The Morgan fingerprint density at radius 3 is 2.71 bits per heavy atom. The van der Waals surface area contributed by atoms with Gasteiger partial charge >= 0.3 is 5.97 Å². The summed E-state index contributed by atoms with van der Waals surface area (Å²) < 4.78 is 6.72. The Bertz CT molecular complexity index is 1150. The predicted molar refractivity (Wildman–Crippen MR) is 124 cm³/mol. The van der Waals surface area contributed by atoms with E-state index in [4.69, 9.17) is 27.9 Å². The quantitative estimate of drug-likeness (QED) is 0.456. The maximum atomic E-state index is 13.0. The number of carbonyl (C=O) groups is 2. The zero-order chi connectivity index (χ0) is 22.3. The van der Waals surface area contributed by atoms with E-state index in [-0.39, 0.29) is 30.5 Å². The van der Waals surface area contributed by atoms with Gasteiger partial charge in [-0.25, -0.2) is 0 Å². The molecule has 1 aromatic carbocycles. The Hall–Kier alpha value is -2.06. The normalized spacial score (nSPS) is 18.2. The standard InChI is InChI=1S/C22H23Cl2N3O3S/c1-22(2,3)30-16(28)10-25-18-12-7-5-4-6-11(12)8-13(18)27-21(29)14-9-15-19(26-14)17(23)20(24)31-15/h4-7,9,13,18,25-26H,8,10H2,1-3H3,(H,27,29). The summed E-state index contributed by atoms with van der Waals surface area (Å²) in [5, 5.41) is 6.78. The van der Waals surface area contributed by atoms with E-state index in [0.29, 0.717) is 27.0 Å². The lowest BCUT2D eigenvalue weighted by atomic mass is 10.1. The first kappa shape index (κ1) is 22.1. The van der Waals surface area contributed by atoms with Crippen LogP contribution in [0, 0.1) is 0 Å². The second kappa shape index (κ2) is 8.47. The number of amides is 1. The molecule has 0 bridgehead atoms. The van der Waals surface area contributed by atoms with Crippen LogP contribution in [-0.2, 0) is 16.0 Å². The van der Waals surface area contributed by atoms with Crippen molar-refractivity contribution in [1.29, 1.82) is 0 Å². The van der Waals surface area contributed by atoms with Crippen molar-refractivity contribution < 1.29 is 14.3 Å². The lowest BCUT2D eigenvalue weighted by molar-refractivity contribution is -0.153. The summed E-state index contributed by atoms with van der Waals surface area (Å²) in [4.78, 5) is 28.2. The van der Waals surface area contributed by atoms with Crippen molar-refractivity contribution in [3.63, 3.8) is 0 Å². The Morgan fingerprint density at radius 1 is 1.26 bits per heavy atom. The minimum atomic E-state index is -0.551. The predicted octanol–water partition coefficient (Wildman–Crippen LogP) is 4.86. The van der Waals surface area contributed by atoms with Crippen LogP contribution in [0.4, 0.5) is 0 Å². The summed E-state index contributed by atoms with van der Waals surface area (Å²) in [5.41, 5.74) is 2.73. The Morgan fingerprint density at radius 2 is 2.00 bits per heavy atom. The number of benzene rings is 1. The van der Waals surface area contributed by atoms with Gasteiger partial charge in [0.25, 0.3) is 5.91 Å². The van der Waals surface area contributed by atoms with Gasteiger partial charge in [-0.05, 0) is 44.4 Å². The second-order valence-corrected chi connectivity index (χ2v) is 10.6. The highest BCUT2D eigenvalue weighted by Gasteiger charge is 2.34. The van der Waals surface area contributed by atoms with Crippen molar-refractivity contribution in [2.45, 2.75) is 44.9 Å². The number of fused-ring (bicyclic) bond motifs is 2. The molecule has 0 saturated heterocycles. The van der Waals surface area contributed by atoms with Crippen molar-refractivity contribution in [2.75, 3.05) is 6.54 Å². The van der Waals surface area contributed by atoms with Crippen LogP contribution in [0.2, 0.25) is 9.36 Å². The van der Waals surface area contributed by atoms with Gasteiger partial charge < -0.3 is 15.0 Å². The van der Waals surface area contributed by atoms with E-state index >= 15 is 0 Å². The Labute approximate surface area is 194 Å². The largest absolute Gasteiger partial charge is 0.459 e. The summed E-state index contributed by atoms with van der Waals surface area (Å²) in [7, 11) is 0. The van der Waals surface area contributed by atoms with Crippen LogP contribution in [0.5, 0.6) is 0 Å². The molecule has 3 aromatic rings. The fourth-order valence-electron chi connectivity index (χ4n) is 3.84. The first-order valence-corrected chi connectivity index (χ1v) is 11.5. The van der Waals surface area contributed by atoms with Crippen LogP contribution in [0.25, 0.3) is 10.2 Å². The van der Waals surface area contributed by atoms with Crippen molar-refractivity contribution in [3.8, 4) is 0 Å². The highest BCUT2D eigenvalue weighted by molar-refractivity contribution is 7.23. The molecule has 9 heteroatoms. The highest BCUT2D eigenvalue weighted by atomic mass is 35.5. The van der Waals surface area contributed by atoms with Crippen LogP contribution in [0.15, 0.2) is 30.3 Å². The van der Waals surface area contributed by atoms with Crippen molar-refractivity contribution in [3.05, 3.63) is 56.5 Å². The SMILES string of the molecule is CC(C)(C)OC(=O)CNC1c2ccccc2CC1NC(=O)c1cc2sc(Cl)c(Cl)c2[nH]1. The van der Waals surface area contributed by atoms with Crippen LogP contribution >= 0.6 is 34.5 Å². The summed E-state index contributed by atoms with van der Waals surface area (Å²) in [6.07, 6.45) is 0.662. The minimum Gasteiger partial charge on any atom is -0.459 e. The van der Waals surface area contributed by atoms with E-state index in [2.05, 4.69) is 15.6 Å². The first-order chi connectivity index (χ1) is 14.6. The second-order valence-electron chi connectivity index (χ2n) is 8.54. The Kier molecular flexibility index (Phi) is 6.05. The first-order valence-electron chi connectivity index (χ1n) is 9.93. The number of H-pyrrole nitrogens is 1. The molecule has 4 rings (SSSR count). The topological polar surface area (TPSA) is 83.2 Å². The van der Waals surface area contributed by atoms with Crippen molar-refractivity contribution >= 4 is 56.6 Å². The molecule has 1 amide bonds. The molecule has 6 nitrogen and oxygen atoms in total. The number of hydrogen-bond donors (Lipinski definition) is 3. The van der Waals surface area contributed by atoms with E-state index < -0.39 is 5.60 Å². The monoisotopic (exact) mass is 479 g/mol. The third kappa shape index (κ3) is 4.75.